The number of benzene rings is 2. The van der Waals surface area contributed by atoms with Crippen LogP contribution in [0.5, 0.6) is 0 Å². The van der Waals surface area contributed by atoms with Crippen molar-refractivity contribution in [2.45, 2.75) is 13.8 Å². The number of hydrogen-bond acceptors (Lipinski definition) is 7. The number of nitrogens with zero attached hydrogens (tertiary/aromatic N) is 5. The molecule has 0 radical (unpaired) electrons. The molecule has 30 heavy (non-hydrogen) atoms. The molecule has 3 rings (SSSR count). The maximum Gasteiger partial charge on any atom is 0.229 e. The number of aryl methyl sites for hydroxylation is 2. The smallest absolute Gasteiger partial charge is 0.229 e. The molecule has 2 aromatic carbocycles. The molecule has 0 saturated carbocycles. The van der Waals surface area contributed by atoms with E-state index in [-0.39, 0.29) is 5.57 Å². The second-order valence-electron chi connectivity index (χ2n) is 6.52. The van der Waals surface area contributed by atoms with Crippen LogP contribution in [0.3, 0.4) is 0 Å². The van der Waals surface area contributed by atoms with E-state index in [0.29, 0.717) is 17.3 Å². The zero-order valence-corrected chi connectivity index (χ0v) is 16.4. The molecule has 1 aromatic heterocycles. The van der Waals surface area contributed by atoms with Crippen molar-refractivity contribution in [1.82, 2.24) is 9.97 Å². The van der Waals surface area contributed by atoms with Crippen molar-refractivity contribution in [3.8, 4) is 18.2 Å². The highest BCUT2D eigenvalue weighted by Gasteiger charge is 2.08. The van der Waals surface area contributed by atoms with E-state index in [4.69, 9.17) is 15.8 Å². The molecule has 0 aliphatic carbocycles. The normalized spacial score (nSPS) is 9.57. The second kappa shape index (κ2) is 9.01. The monoisotopic (exact) mass is 391 g/mol. The van der Waals surface area contributed by atoms with E-state index >= 15 is 0 Å². The van der Waals surface area contributed by atoms with Gasteiger partial charge in [-0.25, -0.2) is 4.98 Å². The fraction of sp³-hybridized carbons (Fsp3) is 0.0870. The van der Waals surface area contributed by atoms with Gasteiger partial charge in [-0.2, -0.15) is 20.8 Å². The Bertz CT molecular complexity index is 1200. The molecule has 144 valence electrons. The average Bonchev–Trinajstić information content (AvgIpc) is 2.75. The molecule has 2 N–H and O–H groups in total. The van der Waals surface area contributed by atoms with Crippen molar-refractivity contribution in [3.63, 3.8) is 0 Å². The Morgan fingerprint density at radius 3 is 2.20 bits per heavy atom. The highest BCUT2D eigenvalue weighted by atomic mass is 15.1. The molecule has 0 spiro atoms. The van der Waals surface area contributed by atoms with E-state index in [1.807, 2.05) is 38.1 Å². The molecule has 0 aliphatic rings. The summed E-state index contributed by atoms with van der Waals surface area (Å²) >= 11 is 0. The summed E-state index contributed by atoms with van der Waals surface area (Å²) in [5, 5.41) is 33.2. The quantitative estimate of drug-likeness (QED) is 0.594. The molecular formula is C23H17N7. The Balaban J connectivity index is 1.82. The largest absolute Gasteiger partial charge is 0.340 e. The van der Waals surface area contributed by atoms with Gasteiger partial charge in [0.25, 0.3) is 0 Å². The van der Waals surface area contributed by atoms with Gasteiger partial charge >= 0.3 is 0 Å². The van der Waals surface area contributed by atoms with E-state index in [9.17, 15) is 0 Å². The van der Waals surface area contributed by atoms with Crippen LogP contribution in [0.4, 0.5) is 23.1 Å². The van der Waals surface area contributed by atoms with Crippen molar-refractivity contribution in [2.24, 2.45) is 0 Å². The van der Waals surface area contributed by atoms with Crippen LogP contribution in [0.15, 0.2) is 54.2 Å². The number of nitrogens with one attached hydrogen (secondary N) is 2. The van der Waals surface area contributed by atoms with Crippen molar-refractivity contribution >= 4 is 29.2 Å². The fourth-order valence-electron chi connectivity index (χ4n) is 2.91. The third-order valence-electron chi connectivity index (χ3n) is 4.29. The number of hydrogen-bond donors (Lipinski definition) is 2. The van der Waals surface area contributed by atoms with Crippen LogP contribution in [-0.2, 0) is 0 Å². The summed E-state index contributed by atoms with van der Waals surface area (Å²) < 4.78 is 0. The zero-order chi connectivity index (χ0) is 21.5. The minimum absolute atomic E-state index is 0.0591. The highest BCUT2D eigenvalue weighted by Crippen LogP contribution is 2.27. The Kier molecular flexibility index (Phi) is 6.03. The second-order valence-corrected chi connectivity index (χ2v) is 6.52. The third-order valence-corrected chi connectivity index (χ3v) is 4.29. The van der Waals surface area contributed by atoms with Gasteiger partial charge in [-0.05, 0) is 79.1 Å². The van der Waals surface area contributed by atoms with E-state index in [0.717, 1.165) is 28.1 Å². The van der Waals surface area contributed by atoms with E-state index < -0.39 is 0 Å². The molecule has 0 unspecified atom stereocenters. The summed E-state index contributed by atoms with van der Waals surface area (Å²) in [5.41, 5.74) is 5.01. The lowest BCUT2D eigenvalue weighted by atomic mass is 10.0. The van der Waals surface area contributed by atoms with Gasteiger partial charge in [0.15, 0.2) is 0 Å². The van der Waals surface area contributed by atoms with Crippen LogP contribution in [-0.4, -0.2) is 9.97 Å². The van der Waals surface area contributed by atoms with Gasteiger partial charge in [0.2, 0.25) is 5.95 Å². The predicted molar refractivity (Wildman–Crippen MR) is 115 cm³/mol. The van der Waals surface area contributed by atoms with Crippen LogP contribution in [0.25, 0.3) is 6.08 Å². The summed E-state index contributed by atoms with van der Waals surface area (Å²) in [5.74, 6) is 1.04. The predicted octanol–water partition coefficient (Wildman–Crippen LogP) is 4.88. The minimum atomic E-state index is 0.0591. The van der Waals surface area contributed by atoms with Crippen molar-refractivity contribution in [2.75, 3.05) is 10.6 Å². The number of anilines is 4. The minimum Gasteiger partial charge on any atom is -0.340 e. The zero-order valence-electron chi connectivity index (χ0n) is 16.4. The molecule has 0 amide bonds. The van der Waals surface area contributed by atoms with Gasteiger partial charge in [-0.15, -0.1) is 0 Å². The maximum atomic E-state index is 8.95. The Hall–Kier alpha value is -4.67. The fourth-order valence-corrected chi connectivity index (χ4v) is 2.91. The van der Waals surface area contributed by atoms with Crippen molar-refractivity contribution in [1.29, 1.82) is 15.8 Å². The van der Waals surface area contributed by atoms with E-state index in [1.165, 1.54) is 0 Å². The molecule has 3 aromatic rings. The van der Waals surface area contributed by atoms with Gasteiger partial charge < -0.3 is 10.6 Å². The topological polar surface area (TPSA) is 121 Å². The van der Waals surface area contributed by atoms with Gasteiger partial charge in [-0.3, -0.25) is 0 Å². The van der Waals surface area contributed by atoms with Crippen LogP contribution >= 0.6 is 0 Å². The van der Waals surface area contributed by atoms with Crippen LogP contribution in [0.2, 0.25) is 0 Å². The molecule has 7 nitrogen and oxygen atoms in total. The molecule has 0 bridgehead atoms. The number of aromatic nitrogens is 2. The van der Waals surface area contributed by atoms with E-state index in [1.54, 1.807) is 42.6 Å². The van der Waals surface area contributed by atoms with Crippen LogP contribution in [0.1, 0.15) is 22.3 Å². The lowest BCUT2D eigenvalue weighted by molar-refractivity contribution is 1.16. The molecular weight excluding hydrogens is 374 g/mol. The first-order valence-electron chi connectivity index (χ1n) is 9.03. The highest BCUT2D eigenvalue weighted by molar-refractivity contribution is 5.71. The Labute approximate surface area is 174 Å². The first-order chi connectivity index (χ1) is 14.5. The lowest BCUT2D eigenvalue weighted by Crippen LogP contribution is -2.02. The van der Waals surface area contributed by atoms with Crippen molar-refractivity contribution in [3.05, 3.63) is 76.5 Å². The van der Waals surface area contributed by atoms with Gasteiger partial charge in [-0.1, -0.05) is 0 Å². The van der Waals surface area contributed by atoms with Gasteiger partial charge in [0, 0.05) is 17.6 Å². The number of allylic oxidation sites excluding steroid dienone is 1. The standard InChI is InChI=1S/C23H17N7/c1-15-9-18(11-19(13-25)14-26)10-16(2)22(15)29-21-7-8-27-23(30-21)28-20-5-3-17(12-24)4-6-20/h3-11H,1-2H3,(H2,27,28,29,30). The molecule has 0 atom stereocenters. The molecule has 0 fully saturated rings. The van der Waals surface area contributed by atoms with Gasteiger partial charge in [0.05, 0.1) is 11.6 Å². The molecule has 0 aliphatic heterocycles. The average molecular weight is 391 g/mol. The summed E-state index contributed by atoms with van der Waals surface area (Å²) in [6.45, 7) is 3.89. The van der Waals surface area contributed by atoms with E-state index in [2.05, 4.69) is 26.7 Å². The number of rotatable bonds is 5. The first kappa shape index (κ1) is 20.1. The summed E-state index contributed by atoms with van der Waals surface area (Å²) in [4.78, 5) is 8.72. The first-order valence-corrected chi connectivity index (χ1v) is 9.03. The maximum absolute atomic E-state index is 8.95. The summed E-state index contributed by atoms with van der Waals surface area (Å²) in [6.07, 6.45) is 3.21. The van der Waals surface area contributed by atoms with Gasteiger partial charge in [0.1, 0.15) is 23.5 Å². The molecule has 0 saturated heterocycles. The molecule has 1 heterocycles. The summed E-state index contributed by atoms with van der Waals surface area (Å²) in [6, 6.07) is 18.4. The summed E-state index contributed by atoms with van der Waals surface area (Å²) in [7, 11) is 0. The van der Waals surface area contributed by atoms with Crippen molar-refractivity contribution < 1.29 is 0 Å². The lowest BCUT2D eigenvalue weighted by Gasteiger charge is -2.14. The Morgan fingerprint density at radius 1 is 0.933 bits per heavy atom. The number of nitriles is 3. The Morgan fingerprint density at radius 2 is 1.60 bits per heavy atom. The van der Waals surface area contributed by atoms with Crippen LogP contribution < -0.4 is 10.6 Å². The van der Waals surface area contributed by atoms with Crippen LogP contribution in [0, 0.1) is 47.8 Å². The molecule has 7 heteroatoms. The SMILES string of the molecule is Cc1cc(C=C(C#N)C#N)cc(C)c1Nc1ccnc(Nc2ccc(C#N)cc2)n1. The third kappa shape index (κ3) is 4.78.